The molecule has 1 amide bonds. The van der Waals surface area contributed by atoms with Crippen LogP contribution < -0.4 is 11.1 Å². The molecule has 0 bridgehead atoms. The van der Waals surface area contributed by atoms with E-state index in [0.29, 0.717) is 12.5 Å². The molecule has 0 heterocycles. The number of rotatable bonds is 7. The Balaban J connectivity index is 2.58. The Hall–Kier alpha value is -1.14. The predicted octanol–water partition coefficient (Wildman–Crippen LogP) is 1.52. The lowest BCUT2D eigenvalue weighted by atomic mass is 9.85. The average molecular weight is 314 g/mol. The zero-order valence-electron chi connectivity index (χ0n) is 14.5. The highest BCUT2D eigenvalue weighted by Gasteiger charge is 2.60. The molecule has 2 unspecified atom stereocenters. The van der Waals surface area contributed by atoms with Crippen LogP contribution in [0, 0.1) is 11.3 Å². The quantitative estimate of drug-likeness (QED) is 0.661. The molecule has 4 N–H and O–H groups in total. The maximum atomic E-state index is 11.9. The number of carbonyl (C=O) groups excluding carboxylic acids is 1. The standard InChI is InChI=1S/C16H30N2O4/c1-10-8-16(10,14(2,3)4)22-9-15(5,6)18-13(21)11(17)7-12(19)20/h10-11H,7-9,17H2,1-6H3,(H,18,21)(H,19,20)/t10?,11-,16?/m0/s1. The third-order valence-electron chi connectivity index (χ3n) is 4.40. The van der Waals surface area contributed by atoms with Gasteiger partial charge in [-0.1, -0.05) is 27.7 Å². The van der Waals surface area contributed by atoms with Gasteiger partial charge in [-0.2, -0.15) is 0 Å². The first-order valence-electron chi connectivity index (χ1n) is 7.74. The smallest absolute Gasteiger partial charge is 0.305 e. The number of amides is 1. The van der Waals surface area contributed by atoms with Crippen molar-refractivity contribution in [1.82, 2.24) is 5.32 Å². The summed E-state index contributed by atoms with van der Waals surface area (Å²) in [7, 11) is 0. The van der Waals surface area contributed by atoms with Crippen molar-refractivity contribution in [2.75, 3.05) is 6.61 Å². The van der Waals surface area contributed by atoms with Gasteiger partial charge in [-0.25, -0.2) is 0 Å². The van der Waals surface area contributed by atoms with Crippen LogP contribution in [0.5, 0.6) is 0 Å². The van der Waals surface area contributed by atoms with Gasteiger partial charge in [0.15, 0.2) is 0 Å². The number of nitrogens with two attached hydrogens (primary N) is 1. The Morgan fingerprint density at radius 1 is 1.36 bits per heavy atom. The number of aliphatic carboxylic acids is 1. The summed E-state index contributed by atoms with van der Waals surface area (Å²) in [6.07, 6.45) is 0.630. The molecule has 6 heteroatoms. The molecule has 0 aliphatic heterocycles. The molecule has 0 saturated heterocycles. The van der Waals surface area contributed by atoms with E-state index in [1.165, 1.54) is 0 Å². The van der Waals surface area contributed by atoms with Crippen molar-refractivity contribution < 1.29 is 19.4 Å². The minimum absolute atomic E-state index is 0.0339. The van der Waals surface area contributed by atoms with Crippen molar-refractivity contribution >= 4 is 11.9 Å². The first-order chi connectivity index (χ1) is 9.81. The average Bonchev–Trinajstić information content (AvgIpc) is 2.97. The van der Waals surface area contributed by atoms with Crippen LogP contribution in [0.3, 0.4) is 0 Å². The Morgan fingerprint density at radius 2 is 1.86 bits per heavy atom. The summed E-state index contributed by atoms with van der Waals surface area (Å²) in [5, 5.41) is 11.5. The zero-order valence-corrected chi connectivity index (χ0v) is 14.5. The van der Waals surface area contributed by atoms with Crippen LogP contribution in [0.2, 0.25) is 0 Å². The van der Waals surface area contributed by atoms with Crippen LogP contribution in [0.4, 0.5) is 0 Å². The molecule has 1 aliphatic carbocycles. The monoisotopic (exact) mass is 314 g/mol. The van der Waals surface area contributed by atoms with Gasteiger partial charge < -0.3 is 20.9 Å². The summed E-state index contributed by atoms with van der Waals surface area (Å²) in [4.78, 5) is 22.5. The van der Waals surface area contributed by atoms with E-state index in [1.807, 2.05) is 13.8 Å². The van der Waals surface area contributed by atoms with Crippen molar-refractivity contribution in [3.05, 3.63) is 0 Å². The van der Waals surface area contributed by atoms with Crippen LogP contribution in [-0.4, -0.2) is 40.8 Å². The molecular formula is C16H30N2O4. The second-order valence-corrected chi connectivity index (χ2v) is 8.11. The minimum atomic E-state index is -1.09. The van der Waals surface area contributed by atoms with E-state index >= 15 is 0 Å². The number of carbonyl (C=O) groups is 2. The molecule has 3 atom stereocenters. The van der Waals surface area contributed by atoms with E-state index in [1.54, 1.807) is 0 Å². The highest BCUT2D eigenvalue weighted by atomic mass is 16.5. The number of hydrogen-bond acceptors (Lipinski definition) is 4. The van der Waals surface area contributed by atoms with Crippen molar-refractivity contribution in [2.24, 2.45) is 17.1 Å². The maximum Gasteiger partial charge on any atom is 0.305 e. The number of ether oxygens (including phenoxy) is 1. The Bertz CT molecular complexity index is 442. The van der Waals surface area contributed by atoms with E-state index in [-0.39, 0.29) is 17.4 Å². The van der Waals surface area contributed by atoms with Crippen molar-refractivity contribution in [3.63, 3.8) is 0 Å². The van der Waals surface area contributed by atoms with Crippen LogP contribution in [0.25, 0.3) is 0 Å². The molecule has 0 aromatic carbocycles. The van der Waals surface area contributed by atoms with Crippen molar-refractivity contribution in [3.8, 4) is 0 Å². The fourth-order valence-corrected chi connectivity index (χ4v) is 2.91. The van der Waals surface area contributed by atoms with Gasteiger partial charge in [0.2, 0.25) is 5.91 Å². The molecule has 0 radical (unpaired) electrons. The summed E-state index contributed by atoms with van der Waals surface area (Å²) in [6, 6.07) is -1.05. The molecule has 1 saturated carbocycles. The second kappa shape index (κ2) is 6.16. The molecule has 128 valence electrons. The predicted molar refractivity (Wildman–Crippen MR) is 84.4 cm³/mol. The van der Waals surface area contributed by atoms with Gasteiger partial charge in [-0.15, -0.1) is 0 Å². The second-order valence-electron chi connectivity index (χ2n) is 8.11. The molecule has 22 heavy (non-hydrogen) atoms. The lowest BCUT2D eigenvalue weighted by Gasteiger charge is -2.36. The van der Waals surface area contributed by atoms with Gasteiger partial charge in [0, 0.05) is 0 Å². The summed E-state index contributed by atoms with van der Waals surface area (Å²) >= 11 is 0. The van der Waals surface area contributed by atoms with Gasteiger partial charge in [0.25, 0.3) is 0 Å². The van der Waals surface area contributed by atoms with Gasteiger partial charge in [-0.05, 0) is 31.6 Å². The molecule has 0 spiro atoms. The van der Waals surface area contributed by atoms with Crippen LogP contribution in [-0.2, 0) is 14.3 Å². The molecule has 1 aliphatic rings. The molecular weight excluding hydrogens is 284 g/mol. The summed E-state index contributed by atoms with van der Waals surface area (Å²) in [5.41, 5.74) is 4.85. The third kappa shape index (κ3) is 4.43. The molecule has 0 aromatic rings. The van der Waals surface area contributed by atoms with Gasteiger partial charge in [0.05, 0.1) is 30.2 Å². The van der Waals surface area contributed by atoms with Crippen molar-refractivity contribution in [2.45, 2.75) is 71.6 Å². The van der Waals surface area contributed by atoms with Gasteiger partial charge in [0.1, 0.15) is 0 Å². The fourth-order valence-electron chi connectivity index (χ4n) is 2.91. The van der Waals surface area contributed by atoms with Crippen molar-refractivity contribution in [1.29, 1.82) is 0 Å². The van der Waals surface area contributed by atoms with Crippen LogP contribution >= 0.6 is 0 Å². The first-order valence-corrected chi connectivity index (χ1v) is 7.74. The normalized spacial score (nSPS) is 26.4. The first kappa shape index (κ1) is 18.9. The van der Waals surface area contributed by atoms with E-state index in [2.05, 4.69) is 33.0 Å². The Kier molecular flexibility index (Phi) is 5.30. The SMILES string of the molecule is CC1CC1(OCC(C)(C)NC(=O)[C@@H](N)CC(=O)O)C(C)(C)C. The summed E-state index contributed by atoms with van der Waals surface area (Å²) in [6.45, 7) is 12.7. The van der Waals surface area contributed by atoms with E-state index in [0.717, 1.165) is 6.42 Å². The Morgan fingerprint density at radius 3 is 2.23 bits per heavy atom. The van der Waals surface area contributed by atoms with E-state index in [9.17, 15) is 9.59 Å². The molecule has 1 fully saturated rings. The van der Waals surface area contributed by atoms with Gasteiger partial charge in [-0.3, -0.25) is 9.59 Å². The molecule has 1 rings (SSSR count). The molecule has 0 aromatic heterocycles. The zero-order chi connectivity index (χ0) is 17.3. The number of nitrogens with one attached hydrogen (secondary N) is 1. The number of hydrogen-bond donors (Lipinski definition) is 3. The Labute approximate surface area is 132 Å². The highest BCUT2D eigenvalue weighted by molar-refractivity contribution is 5.86. The van der Waals surface area contributed by atoms with E-state index < -0.39 is 23.5 Å². The molecule has 6 nitrogen and oxygen atoms in total. The van der Waals surface area contributed by atoms with Gasteiger partial charge >= 0.3 is 5.97 Å². The van der Waals surface area contributed by atoms with Crippen LogP contribution in [0.15, 0.2) is 0 Å². The minimum Gasteiger partial charge on any atom is -0.481 e. The summed E-state index contributed by atoms with van der Waals surface area (Å²) < 4.78 is 6.17. The topological polar surface area (TPSA) is 102 Å². The lowest BCUT2D eigenvalue weighted by Crippen LogP contribution is -2.54. The largest absolute Gasteiger partial charge is 0.481 e. The van der Waals surface area contributed by atoms with Crippen LogP contribution in [0.1, 0.15) is 54.4 Å². The number of carboxylic acid groups (broad SMARTS) is 1. The fraction of sp³-hybridized carbons (Fsp3) is 0.875. The third-order valence-corrected chi connectivity index (χ3v) is 4.40. The lowest BCUT2D eigenvalue weighted by molar-refractivity contribution is -0.140. The summed E-state index contributed by atoms with van der Waals surface area (Å²) in [5.74, 6) is -1.06. The highest BCUT2D eigenvalue weighted by Crippen LogP contribution is 2.57. The number of carboxylic acids is 1. The van der Waals surface area contributed by atoms with E-state index in [4.69, 9.17) is 15.6 Å². The maximum absolute atomic E-state index is 11.9.